The number of rotatable bonds is 4. The van der Waals surface area contributed by atoms with Crippen LogP contribution in [0.3, 0.4) is 0 Å². The van der Waals surface area contributed by atoms with Crippen LogP contribution >= 0.6 is 0 Å². The fourth-order valence-corrected chi connectivity index (χ4v) is 3.99. The lowest BCUT2D eigenvalue weighted by molar-refractivity contribution is -0.158. The van der Waals surface area contributed by atoms with Crippen LogP contribution in [0.1, 0.15) is 58.3 Å². The van der Waals surface area contributed by atoms with Gasteiger partial charge in [0.25, 0.3) is 0 Å². The Morgan fingerprint density at radius 2 is 1.71 bits per heavy atom. The molecule has 0 bridgehead atoms. The van der Waals surface area contributed by atoms with Gasteiger partial charge in [0.15, 0.2) is 0 Å². The largest absolute Gasteiger partial charge is 0.481 e. The van der Waals surface area contributed by atoms with E-state index in [0.29, 0.717) is 32.5 Å². The molecule has 3 N–H and O–H groups in total. The maximum Gasteiger partial charge on any atom is 0.311 e. The fraction of sp³-hybridized carbons (Fsp3) is 0.875. The minimum Gasteiger partial charge on any atom is -0.481 e. The Kier molecular flexibility index (Phi) is 4.91. The molecular weight excluding hydrogens is 268 g/mol. The van der Waals surface area contributed by atoms with E-state index in [1.807, 2.05) is 6.92 Å². The molecule has 1 atom stereocenters. The van der Waals surface area contributed by atoms with E-state index in [2.05, 4.69) is 0 Å². The molecule has 2 fully saturated rings. The predicted octanol–water partition coefficient (Wildman–Crippen LogP) is 2.00. The number of carbonyl (C=O) groups is 2. The van der Waals surface area contributed by atoms with Crippen molar-refractivity contribution < 1.29 is 14.7 Å². The summed E-state index contributed by atoms with van der Waals surface area (Å²) in [5.41, 5.74) is 4.74. The van der Waals surface area contributed by atoms with E-state index in [1.165, 1.54) is 6.42 Å². The van der Waals surface area contributed by atoms with Crippen molar-refractivity contribution in [1.82, 2.24) is 4.90 Å². The van der Waals surface area contributed by atoms with E-state index >= 15 is 0 Å². The maximum atomic E-state index is 13.0. The molecular formula is C16H28N2O3. The quantitative estimate of drug-likeness (QED) is 0.831. The molecule has 0 spiro atoms. The van der Waals surface area contributed by atoms with Gasteiger partial charge in [0.05, 0.1) is 10.8 Å². The number of likely N-dealkylation sites (tertiary alicyclic amines) is 1. The number of nitrogens with zero attached hydrogens (tertiary/aromatic N) is 1. The lowest BCUT2D eigenvalue weighted by Crippen LogP contribution is -2.55. The molecule has 0 aromatic carbocycles. The third kappa shape index (κ3) is 2.93. The van der Waals surface area contributed by atoms with Gasteiger partial charge in [-0.25, -0.2) is 0 Å². The van der Waals surface area contributed by atoms with Crippen molar-refractivity contribution in [2.24, 2.45) is 16.6 Å². The molecule has 2 aliphatic rings. The molecule has 0 aromatic rings. The van der Waals surface area contributed by atoms with Crippen LogP contribution in [0.4, 0.5) is 0 Å². The number of aliphatic carboxylic acids is 1. The normalized spacial score (nSPS) is 29.1. The Bertz CT molecular complexity index is 404. The molecule has 1 saturated heterocycles. The molecule has 21 heavy (non-hydrogen) atoms. The number of carboxylic acids is 1. The lowest BCUT2D eigenvalue weighted by Gasteiger charge is -2.45. The summed E-state index contributed by atoms with van der Waals surface area (Å²) < 4.78 is 0. The van der Waals surface area contributed by atoms with Crippen LogP contribution in [0.2, 0.25) is 0 Å². The van der Waals surface area contributed by atoms with Crippen molar-refractivity contribution in [1.29, 1.82) is 0 Å². The average Bonchev–Trinajstić information content (AvgIpc) is 2.54. The highest BCUT2D eigenvalue weighted by Crippen LogP contribution is 2.40. The van der Waals surface area contributed by atoms with E-state index in [1.54, 1.807) is 4.90 Å². The molecule has 1 aliphatic heterocycles. The summed E-state index contributed by atoms with van der Waals surface area (Å²) in [6.07, 6.45) is 6.98. The zero-order valence-corrected chi connectivity index (χ0v) is 13.1. The monoisotopic (exact) mass is 296 g/mol. The van der Waals surface area contributed by atoms with Gasteiger partial charge in [-0.05, 0) is 32.1 Å². The number of hydrogen-bond acceptors (Lipinski definition) is 3. The van der Waals surface area contributed by atoms with Crippen molar-refractivity contribution in [3.05, 3.63) is 0 Å². The Labute approximate surface area is 126 Å². The van der Waals surface area contributed by atoms with E-state index in [0.717, 1.165) is 32.1 Å². The smallest absolute Gasteiger partial charge is 0.311 e. The first kappa shape index (κ1) is 16.3. The second-order valence-corrected chi connectivity index (χ2v) is 6.81. The van der Waals surface area contributed by atoms with E-state index in [9.17, 15) is 14.7 Å². The maximum absolute atomic E-state index is 13.0. The number of piperidine rings is 1. The van der Waals surface area contributed by atoms with Gasteiger partial charge in [0, 0.05) is 19.6 Å². The molecule has 0 radical (unpaired) electrons. The summed E-state index contributed by atoms with van der Waals surface area (Å²) in [7, 11) is 0. The first-order valence-electron chi connectivity index (χ1n) is 8.22. The van der Waals surface area contributed by atoms with Crippen molar-refractivity contribution in [3.8, 4) is 0 Å². The number of nitrogens with two attached hydrogens (primary N) is 1. The minimum atomic E-state index is -0.770. The zero-order chi connectivity index (χ0) is 15.5. The van der Waals surface area contributed by atoms with Crippen LogP contribution in [0.25, 0.3) is 0 Å². The standard InChI is InChI=1S/C16H28N2O3/c1-2-15(14(20)21)9-6-10-18(12-15)13(19)16(11-17)7-4-3-5-8-16/h2-12,17H2,1H3,(H,20,21). The van der Waals surface area contributed by atoms with Crippen LogP contribution < -0.4 is 5.73 Å². The summed E-state index contributed by atoms with van der Waals surface area (Å²) in [6, 6.07) is 0. The van der Waals surface area contributed by atoms with Gasteiger partial charge in [-0.3, -0.25) is 9.59 Å². The molecule has 0 aromatic heterocycles. The summed E-state index contributed by atoms with van der Waals surface area (Å²) in [5, 5.41) is 9.56. The third-order valence-corrected chi connectivity index (χ3v) is 5.65. The molecule has 120 valence electrons. The summed E-state index contributed by atoms with van der Waals surface area (Å²) in [6.45, 7) is 3.31. The molecule has 1 unspecified atom stereocenters. The lowest BCUT2D eigenvalue weighted by atomic mass is 9.71. The van der Waals surface area contributed by atoms with Crippen molar-refractivity contribution >= 4 is 11.9 Å². The van der Waals surface area contributed by atoms with Crippen molar-refractivity contribution in [2.45, 2.75) is 58.3 Å². The van der Waals surface area contributed by atoms with Crippen molar-refractivity contribution in [3.63, 3.8) is 0 Å². The summed E-state index contributed by atoms with van der Waals surface area (Å²) in [5.74, 6) is -0.670. The van der Waals surface area contributed by atoms with Gasteiger partial charge in [-0.2, -0.15) is 0 Å². The van der Waals surface area contributed by atoms with Gasteiger partial charge in [-0.15, -0.1) is 0 Å². The Morgan fingerprint density at radius 3 is 2.24 bits per heavy atom. The first-order chi connectivity index (χ1) is 9.99. The topological polar surface area (TPSA) is 83.6 Å². The number of carboxylic acid groups (broad SMARTS) is 1. The second kappa shape index (κ2) is 6.34. The molecule has 5 nitrogen and oxygen atoms in total. The summed E-state index contributed by atoms with van der Waals surface area (Å²) >= 11 is 0. The Balaban J connectivity index is 2.16. The van der Waals surface area contributed by atoms with E-state index < -0.39 is 16.8 Å². The van der Waals surface area contributed by atoms with E-state index in [4.69, 9.17) is 5.73 Å². The van der Waals surface area contributed by atoms with Gasteiger partial charge >= 0.3 is 5.97 Å². The van der Waals surface area contributed by atoms with E-state index in [-0.39, 0.29) is 5.91 Å². The second-order valence-electron chi connectivity index (χ2n) is 6.81. The zero-order valence-electron chi connectivity index (χ0n) is 13.1. The van der Waals surface area contributed by atoms with Crippen LogP contribution in [0, 0.1) is 10.8 Å². The molecule has 2 rings (SSSR count). The SMILES string of the molecule is CCC1(C(=O)O)CCCN(C(=O)C2(CN)CCCCC2)C1. The fourth-order valence-electron chi connectivity index (χ4n) is 3.99. The third-order valence-electron chi connectivity index (χ3n) is 5.65. The van der Waals surface area contributed by atoms with Gasteiger partial charge in [-0.1, -0.05) is 26.2 Å². The van der Waals surface area contributed by atoms with Crippen LogP contribution in [-0.4, -0.2) is 41.5 Å². The van der Waals surface area contributed by atoms with Crippen molar-refractivity contribution in [2.75, 3.05) is 19.6 Å². The minimum absolute atomic E-state index is 0.100. The molecule has 1 saturated carbocycles. The first-order valence-corrected chi connectivity index (χ1v) is 8.22. The molecule has 1 amide bonds. The average molecular weight is 296 g/mol. The Morgan fingerprint density at radius 1 is 1.10 bits per heavy atom. The van der Waals surface area contributed by atoms with Gasteiger partial charge < -0.3 is 15.7 Å². The van der Waals surface area contributed by atoms with Gasteiger partial charge in [0.2, 0.25) is 5.91 Å². The van der Waals surface area contributed by atoms with Crippen LogP contribution in [0.15, 0.2) is 0 Å². The molecule has 5 heteroatoms. The van der Waals surface area contributed by atoms with Gasteiger partial charge in [0.1, 0.15) is 0 Å². The number of amides is 1. The number of carbonyl (C=O) groups excluding carboxylic acids is 1. The molecule has 1 heterocycles. The summed E-state index contributed by atoms with van der Waals surface area (Å²) in [4.78, 5) is 26.4. The Hall–Kier alpha value is -1.10. The predicted molar refractivity (Wildman–Crippen MR) is 80.7 cm³/mol. The highest BCUT2D eigenvalue weighted by molar-refractivity contribution is 5.84. The molecule has 1 aliphatic carbocycles. The highest BCUT2D eigenvalue weighted by Gasteiger charge is 2.47. The van der Waals surface area contributed by atoms with Crippen LogP contribution in [-0.2, 0) is 9.59 Å². The van der Waals surface area contributed by atoms with Crippen LogP contribution in [0.5, 0.6) is 0 Å². The highest BCUT2D eigenvalue weighted by atomic mass is 16.4. The number of hydrogen-bond donors (Lipinski definition) is 2.